The summed E-state index contributed by atoms with van der Waals surface area (Å²) in [4.78, 5) is 12.2. The molecule has 6 nitrogen and oxygen atoms in total. The molecular formula is C21H22F3N3O3S. The van der Waals surface area contributed by atoms with Crippen LogP contribution in [0, 0.1) is 11.3 Å². The monoisotopic (exact) mass is 453 g/mol. The van der Waals surface area contributed by atoms with Crippen molar-refractivity contribution in [2.75, 3.05) is 12.8 Å². The summed E-state index contributed by atoms with van der Waals surface area (Å²) >= 11 is 0. The quantitative estimate of drug-likeness (QED) is 0.597. The van der Waals surface area contributed by atoms with Gasteiger partial charge in [-0.2, -0.15) is 18.4 Å². The van der Waals surface area contributed by atoms with E-state index in [-0.39, 0.29) is 23.4 Å². The molecule has 2 atom stereocenters. The van der Waals surface area contributed by atoms with Crippen LogP contribution < -0.4 is 10.6 Å². The minimum absolute atomic E-state index is 0.0736. The van der Waals surface area contributed by atoms with E-state index in [1.54, 1.807) is 25.1 Å². The zero-order valence-corrected chi connectivity index (χ0v) is 17.7. The first-order valence-corrected chi connectivity index (χ1v) is 11.2. The Kier molecular flexibility index (Phi) is 7.81. The fourth-order valence-electron chi connectivity index (χ4n) is 2.97. The number of amides is 1. The highest BCUT2D eigenvalue weighted by Crippen LogP contribution is 2.34. The van der Waals surface area contributed by atoms with E-state index < -0.39 is 34.0 Å². The van der Waals surface area contributed by atoms with Crippen LogP contribution in [0.2, 0.25) is 0 Å². The van der Waals surface area contributed by atoms with E-state index in [0.29, 0.717) is 11.1 Å². The number of benzene rings is 2. The van der Waals surface area contributed by atoms with Gasteiger partial charge in [-0.25, -0.2) is 8.42 Å². The van der Waals surface area contributed by atoms with Gasteiger partial charge in [0.05, 0.1) is 17.0 Å². The predicted molar refractivity (Wildman–Crippen MR) is 110 cm³/mol. The molecule has 0 aromatic heterocycles. The van der Waals surface area contributed by atoms with Gasteiger partial charge in [-0.3, -0.25) is 10.1 Å². The maximum atomic E-state index is 13.7. The van der Waals surface area contributed by atoms with Crippen molar-refractivity contribution < 1.29 is 26.4 Å². The molecule has 2 rings (SSSR count). The number of alkyl halides is 3. The molecule has 1 amide bonds. The van der Waals surface area contributed by atoms with Crippen molar-refractivity contribution >= 4 is 15.7 Å². The summed E-state index contributed by atoms with van der Waals surface area (Å²) in [5, 5.41) is 13.1. The third-order valence-electron chi connectivity index (χ3n) is 4.62. The Morgan fingerprint density at radius 3 is 2.00 bits per heavy atom. The number of sulfone groups is 1. The van der Waals surface area contributed by atoms with Crippen LogP contribution in [0.15, 0.2) is 53.4 Å². The Bertz CT molecular complexity index is 1040. The number of nitrogens with zero attached hydrogens (tertiary/aromatic N) is 1. The first-order chi connectivity index (χ1) is 14.5. The zero-order valence-electron chi connectivity index (χ0n) is 16.9. The van der Waals surface area contributed by atoms with Gasteiger partial charge in [0.1, 0.15) is 12.6 Å². The van der Waals surface area contributed by atoms with Crippen molar-refractivity contribution in [2.45, 2.75) is 36.5 Å². The summed E-state index contributed by atoms with van der Waals surface area (Å²) in [5.41, 5.74) is 1.19. The molecule has 0 saturated heterocycles. The highest BCUT2D eigenvalue weighted by molar-refractivity contribution is 7.90. The Balaban J connectivity index is 2.27. The second-order valence-corrected chi connectivity index (χ2v) is 8.91. The Labute approximate surface area is 179 Å². The number of hydrogen-bond donors (Lipinski definition) is 2. The standard InChI is InChI=1S/C21H22F3N3O3S/c1-3-18(20(28)26-13-12-25)27-19(21(22,23)24)16-6-4-14(5-7-16)15-8-10-17(11-9-15)31(2,29)30/h4-11,18-19,27H,3,13H2,1-2H3,(H,26,28). The van der Waals surface area contributed by atoms with Crippen LogP contribution in [-0.2, 0) is 14.6 Å². The average molecular weight is 453 g/mol. The summed E-state index contributed by atoms with van der Waals surface area (Å²) in [7, 11) is -3.35. The van der Waals surface area contributed by atoms with Crippen LogP contribution in [-0.4, -0.2) is 39.3 Å². The van der Waals surface area contributed by atoms with Crippen molar-refractivity contribution in [2.24, 2.45) is 0 Å². The van der Waals surface area contributed by atoms with Crippen LogP contribution in [0.25, 0.3) is 11.1 Å². The van der Waals surface area contributed by atoms with E-state index in [1.165, 1.54) is 36.4 Å². The summed E-state index contributed by atoms with van der Waals surface area (Å²) in [5.74, 6) is -0.680. The summed E-state index contributed by atoms with van der Waals surface area (Å²) in [6.45, 7) is 1.28. The predicted octanol–water partition coefficient (Wildman–Crippen LogP) is 3.37. The van der Waals surface area contributed by atoms with E-state index in [9.17, 15) is 26.4 Å². The van der Waals surface area contributed by atoms with Crippen LogP contribution in [0.3, 0.4) is 0 Å². The van der Waals surface area contributed by atoms with E-state index in [2.05, 4.69) is 10.6 Å². The van der Waals surface area contributed by atoms with Crippen molar-refractivity contribution in [3.05, 3.63) is 54.1 Å². The SMILES string of the molecule is CCC(NC(c1ccc(-c2ccc(S(C)(=O)=O)cc2)cc1)C(F)(F)F)C(=O)NCC#N. The highest BCUT2D eigenvalue weighted by atomic mass is 32.2. The summed E-state index contributed by atoms with van der Waals surface area (Å²) < 4.78 is 64.2. The third-order valence-corrected chi connectivity index (χ3v) is 5.75. The van der Waals surface area contributed by atoms with Gasteiger partial charge in [-0.1, -0.05) is 43.3 Å². The molecule has 31 heavy (non-hydrogen) atoms. The molecular weight excluding hydrogens is 431 g/mol. The number of hydrogen-bond acceptors (Lipinski definition) is 5. The smallest absolute Gasteiger partial charge is 0.342 e. The van der Waals surface area contributed by atoms with Gasteiger partial charge in [0.2, 0.25) is 5.91 Å². The largest absolute Gasteiger partial charge is 0.407 e. The van der Waals surface area contributed by atoms with E-state index in [4.69, 9.17) is 5.26 Å². The van der Waals surface area contributed by atoms with Crippen LogP contribution >= 0.6 is 0 Å². The molecule has 0 bridgehead atoms. The van der Waals surface area contributed by atoms with E-state index in [0.717, 1.165) is 6.26 Å². The van der Waals surface area contributed by atoms with Crippen molar-refractivity contribution in [1.29, 1.82) is 5.26 Å². The topological polar surface area (TPSA) is 99.1 Å². The Morgan fingerprint density at radius 1 is 1.06 bits per heavy atom. The number of carbonyl (C=O) groups excluding carboxylic acids is 1. The molecule has 0 aliphatic rings. The first kappa shape index (κ1) is 24.4. The van der Waals surface area contributed by atoms with Gasteiger partial charge in [0.15, 0.2) is 9.84 Å². The number of nitriles is 1. The van der Waals surface area contributed by atoms with Crippen molar-refractivity contribution in [3.63, 3.8) is 0 Å². The lowest BCUT2D eigenvalue weighted by Crippen LogP contribution is -2.48. The molecule has 2 unspecified atom stereocenters. The number of carbonyl (C=O) groups is 1. The molecule has 0 spiro atoms. The molecule has 2 aromatic carbocycles. The lowest BCUT2D eigenvalue weighted by atomic mass is 9.99. The minimum atomic E-state index is -4.65. The average Bonchev–Trinajstić information content (AvgIpc) is 2.71. The van der Waals surface area contributed by atoms with Crippen LogP contribution in [0.4, 0.5) is 13.2 Å². The third kappa shape index (κ3) is 6.54. The van der Waals surface area contributed by atoms with Crippen molar-refractivity contribution in [1.82, 2.24) is 10.6 Å². The number of nitrogens with one attached hydrogen (secondary N) is 2. The molecule has 0 radical (unpaired) electrons. The van der Waals surface area contributed by atoms with Gasteiger partial charge >= 0.3 is 6.18 Å². The fourth-order valence-corrected chi connectivity index (χ4v) is 3.60. The Morgan fingerprint density at radius 2 is 1.58 bits per heavy atom. The second-order valence-electron chi connectivity index (χ2n) is 6.90. The molecule has 0 saturated carbocycles. The number of rotatable bonds is 8. The lowest BCUT2D eigenvalue weighted by Gasteiger charge is -2.26. The molecule has 0 heterocycles. The summed E-state index contributed by atoms with van der Waals surface area (Å²) in [6.07, 6.45) is -3.46. The normalized spacial score (nSPS) is 13.8. The molecule has 0 fully saturated rings. The van der Waals surface area contributed by atoms with Gasteiger partial charge in [-0.15, -0.1) is 0 Å². The molecule has 166 valence electrons. The Hall–Kier alpha value is -2.90. The summed E-state index contributed by atoms with van der Waals surface area (Å²) in [6, 6.07) is 10.2. The molecule has 0 aliphatic carbocycles. The number of halogens is 3. The van der Waals surface area contributed by atoms with Crippen LogP contribution in [0.1, 0.15) is 24.9 Å². The zero-order chi connectivity index (χ0) is 23.2. The maximum Gasteiger partial charge on any atom is 0.407 e. The minimum Gasteiger partial charge on any atom is -0.342 e. The van der Waals surface area contributed by atoms with Crippen molar-refractivity contribution in [3.8, 4) is 17.2 Å². The van der Waals surface area contributed by atoms with Gasteiger partial charge < -0.3 is 5.32 Å². The molecule has 10 heteroatoms. The van der Waals surface area contributed by atoms with Gasteiger partial charge in [0, 0.05) is 6.26 Å². The van der Waals surface area contributed by atoms with Crippen LogP contribution in [0.5, 0.6) is 0 Å². The molecule has 2 N–H and O–H groups in total. The van der Waals surface area contributed by atoms with Gasteiger partial charge in [0.25, 0.3) is 0 Å². The second kappa shape index (κ2) is 9.94. The van der Waals surface area contributed by atoms with E-state index >= 15 is 0 Å². The molecule has 2 aromatic rings. The fraction of sp³-hybridized carbons (Fsp3) is 0.333. The van der Waals surface area contributed by atoms with E-state index in [1.807, 2.05) is 0 Å². The lowest BCUT2D eigenvalue weighted by molar-refractivity contribution is -0.160. The molecule has 0 aliphatic heterocycles. The maximum absolute atomic E-state index is 13.7. The highest BCUT2D eigenvalue weighted by Gasteiger charge is 2.42. The first-order valence-electron chi connectivity index (χ1n) is 9.35. The van der Waals surface area contributed by atoms with Gasteiger partial charge in [-0.05, 0) is 35.2 Å².